The van der Waals surface area contributed by atoms with E-state index in [1.807, 2.05) is 19.1 Å². The third-order valence-electron chi connectivity index (χ3n) is 3.18. The number of aryl methyl sites for hydroxylation is 1. The topological polar surface area (TPSA) is 49.8 Å². The highest BCUT2D eigenvalue weighted by Crippen LogP contribution is 2.23. The third kappa shape index (κ3) is 3.23. The first-order valence-electron chi connectivity index (χ1n) is 6.80. The summed E-state index contributed by atoms with van der Waals surface area (Å²) in [4.78, 5) is 8.75. The van der Waals surface area contributed by atoms with Gasteiger partial charge in [0.25, 0.3) is 0 Å². The molecule has 1 fully saturated rings. The highest BCUT2D eigenvalue weighted by molar-refractivity contribution is 5.43. The van der Waals surface area contributed by atoms with Gasteiger partial charge in [0, 0.05) is 29.9 Å². The summed E-state index contributed by atoms with van der Waals surface area (Å²) < 4.78 is 13.5. The maximum absolute atomic E-state index is 13.5. The van der Waals surface area contributed by atoms with E-state index in [-0.39, 0.29) is 5.82 Å². The smallest absolute Gasteiger partial charge is 0.225 e. The molecule has 0 aliphatic heterocycles. The Labute approximate surface area is 117 Å². The molecule has 0 unspecified atom stereocenters. The van der Waals surface area contributed by atoms with Crippen LogP contribution in [0.4, 0.5) is 16.2 Å². The lowest BCUT2D eigenvalue weighted by Crippen LogP contribution is -2.09. The number of hydrogen-bond donors (Lipinski definition) is 2. The maximum atomic E-state index is 13.5. The van der Waals surface area contributed by atoms with Crippen molar-refractivity contribution in [3.8, 4) is 0 Å². The van der Waals surface area contributed by atoms with Gasteiger partial charge in [-0.05, 0) is 25.8 Å². The quantitative estimate of drug-likeness (QED) is 0.878. The molecule has 0 bridgehead atoms. The summed E-state index contributed by atoms with van der Waals surface area (Å²) in [7, 11) is 0. The molecule has 2 N–H and O–H groups in total. The van der Waals surface area contributed by atoms with Crippen LogP contribution in [0, 0.1) is 12.7 Å². The molecular formula is C15H17FN4. The number of hydrogen-bond acceptors (Lipinski definition) is 4. The van der Waals surface area contributed by atoms with Crippen molar-refractivity contribution in [1.29, 1.82) is 0 Å². The molecule has 20 heavy (non-hydrogen) atoms. The Kier molecular flexibility index (Phi) is 3.50. The van der Waals surface area contributed by atoms with Gasteiger partial charge in [-0.3, -0.25) is 0 Å². The second-order valence-electron chi connectivity index (χ2n) is 5.08. The minimum absolute atomic E-state index is 0.206. The second kappa shape index (κ2) is 5.45. The van der Waals surface area contributed by atoms with Crippen molar-refractivity contribution in [1.82, 2.24) is 9.97 Å². The fraction of sp³-hybridized carbons (Fsp3) is 0.333. The molecule has 2 aromatic rings. The predicted octanol–water partition coefficient (Wildman–Crippen LogP) is 3.11. The van der Waals surface area contributed by atoms with Gasteiger partial charge < -0.3 is 10.6 Å². The predicted molar refractivity (Wildman–Crippen MR) is 77.1 cm³/mol. The standard InChI is InChI=1S/C15H17FN4/c1-10-8-14(20-15(18-10)19-12-6-7-12)17-9-11-4-2-3-5-13(11)16/h2-5,8,12H,6-7,9H2,1H3,(H2,17,18,19,20). The van der Waals surface area contributed by atoms with E-state index in [2.05, 4.69) is 20.6 Å². The minimum Gasteiger partial charge on any atom is -0.366 e. The van der Waals surface area contributed by atoms with E-state index in [0.29, 0.717) is 29.9 Å². The van der Waals surface area contributed by atoms with E-state index < -0.39 is 0 Å². The van der Waals surface area contributed by atoms with Crippen LogP contribution in [0.2, 0.25) is 0 Å². The van der Waals surface area contributed by atoms with Crippen molar-refractivity contribution in [2.75, 3.05) is 10.6 Å². The monoisotopic (exact) mass is 272 g/mol. The zero-order chi connectivity index (χ0) is 13.9. The average Bonchev–Trinajstić information content (AvgIpc) is 3.21. The lowest BCUT2D eigenvalue weighted by Gasteiger charge is -2.10. The molecule has 5 heteroatoms. The summed E-state index contributed by atoms with van der Waals surface area (Å²) in [5.74, 6) is 1.15. The maximum Gasteiger partial charge on any atom is 0.225 e. The van der Waals surface area contributed by atoms with E-state index >= 15 is 0 Å². The van der Waals surface area contributed by atoms with Gasteiger partial charge in [0.1, 0.15) is 11.6 Å². The first-order chi connectivity index (χ1) is 9.70. The molecule has 1 aliphatic rings. The van der Waals surface area contributed by atoms with Crippen molar-refractivity contribution in [3.05, 3.63) is 47.4 Å². The third-order valence-corrected chi connectivity index (χ3v) is 3.18. The van der Waals surface area contributed by atoms with Crippen LogP contribution in [0.25, 0.3) is 0 Å². The first kappa shape index (κ1) is 12.8. The summed E-state index contributed by atoms with van der Waals surface area (Å²) in [6, 6.07) is 9.11. The Morgan fingerprint density at radius 2 is 2.05 bits per heavy atom. The lowest BCUT2D eigenvalue weighted by atomic mass is 10.2. The van der Waals surface area contributed by atoms with E-state index in [9.17, 15) is 4.39 Å². The van der Waals surface area contributed by atoms with Crippen LogP contribution in [0.5, 0.6) is 0 Å². The zero-order valence-corrected chi connectivity index (χ0v) is 11.4. The van der Waals surface area contributed by atoms with Crippen LogP contribution in [-0.4, -0.2) is 16.0 Å². The molecule has 4 nitrogen and oxygen atoms in total. The van der Waals surface area contributed by atoms with E-state index in [0.717, 1.165) is 5.69 Å². The molecule has 0 atom stereocenters. The number of aromatic nitrogens is 2. The van der Waals surface area contributed by atoms with Crippen LogP contribution in [0.15, 0.2) is 30.3 Å². The molecule has 104 valence electrons. The molecule has 0 radical (unpaired) electrons. The Morgan fingerprint density at radius 1 is 1.25 bits per heavy atom. The highest BCUT2D eigenvalue weighted by Gasteiger charge is 2.22. The number of rotatable bonds is 5. The SMILES string of the molecule is Cc1cc(NCc2ccccc2F)nc(NC2CC2)n1. The second-order valence-corrected chi connectivity index (χ2v) is 5.08. The summed E-state index contributed by atoms with van der Waals surface area (Å²) in [6.45, 7) is 2.33. The van der Waals surface area contributed by atoms with Crippen LogP contribution in [-0.2, 0) is 6.54 Å². The summed E-state index contributed by atoms with van der Waals surface area (Å²) in [6.07, 6.45) is 2.35. The molecule has 1 aromatic heterocycles. The number of benzene rings is 1. The molecule has 0 saturated heterocycles. The highest BCUT2D eigenvalue weighted by atomic mass is 19.1. The van der Waals surface area contributed by atoms with Gasteiger partial charge in [-0.2, -0.15) is 4.98 Å². The molecule has 0 amide bonds. The van der Waals surface area contributed by atoms with Crippen molar-refractivity contribution >= 4 is 11.8 Å². The molecule has 1 aliphatic carbocycles. The summed E-state index contributed by atoms with van der Waals surface area (Å²) in [5, 5.41) is 6.42. The van der Waals surface area contributed by atoms with E-state index in [1.165, 1.54) is 18.9 Å². The largest absolute Gasteiger partial charge is 0.366 e. The van der Waals surface area contributed by atoms with Gasteiger partial charge in [-0.15, -0.1) is 0 Å². The Bertz CT molecular complexity index is 611. The zero-order valence-electron chi connectivity index (χ0n) is 11.4. The molecule has 0 spiro atoms. The summed E-state index contributed by atoms with van der Waals surface area (Å²) >= 11 is 0. The van der Waals surface area contributed by atoms with Crippen LogP contribution >= 0.6 is 0 Å². The Morgan fingerprint density at radius 3 is 2.80 bits per heavy atom. The normalized spacial score (nSPS) is 14.1. The molecule has 1 saturated carbocycles. The number of nitrogens with one attached hydrogen (secondary N) is 2. The van der Waals surface area contributed by atoms with Crippen molar-refractivity contribution < 1.29 is 4.39 Å². The molecule has 3 rings (SSSR count). The lowest BCUT2D eigenvalue weighted by molar-refractivity contribution is 0.613. The van der Waals surface area contributed by atoms with Gasteiger partial charge in [0.2, 0.25) is 5.95 Å². The van der Waals surface area contributed by atoms with Crippen LogP contribution in [0.3, 0.4) is 0 Å². The Balaban J connectivity index is 1.70. The summed E-state index contributed by atoms with van der Waals surface area (Å²) in [5.41, 5.74) is 1.51. The van der Waals surface area contributed by atoms with Gasteiger partial charge in [0.15, 0.2) is 0 Å². The molecular weight excluding hydrogens is 255 g/mol. The van der Waals surface area contributed by atoms with Crippen molar-refractivity contribution in [2.24, 2.45) is 0 Å². The van der Waals surface area contributed by atoms with Gasteiger partial charge in [0.05, 0.1) is 0 Å². The Hall–Kier alpha value is -2.17. The number of halogens is 1. The van der Waals surface area contributed by atoms with Gasteiger partial charge >= 0.3 is 0 Å². The molecule has 1 aromatic carbocycles. The fourth-order valence-electron chi connectivity index (χ4n) is 1.96. The van der Waals surface area contributed by atoms with Gasteiger partial charge in [-0.25, -0.2) is 9.37 Å². The minimum atomic E-state index is -0.206. The van der Waals surface area contributed by atoms with Crippen LogP contribution < -0.4 is 10.6 Å². The average molecular weight is 272 g/mol. The van der Waals surface area contributed by atoms with Crippen molar-refractivity contribution in [3.63, 3.8) is 0 Å². The number of nitrogens with zero attached hydrogens (tertiary/aromatic N) is 2. The molecule has 1 heterocycles. The number of anilines is 2. The van der Waals surface area contributed by atoms with Gasteiger partial charge in [-0.1, -0.05) is 18.2 Å². The van der Waals surface area contributed by atoms with E-state index in [1.54, 1.807) is 12.1 Å². The van der Waals surface area contributed by atoms with Crippen molar-refractivity contribution in [2.45, 2.75) is 32.4 Å². The first-order valence-corrected chi connectivity index (χ1v) is 6.80. The fourth-order valence-corrected chi connectivity index (χ4v) is 1.96. The van der Waals surface area contributed by atoms with E-state index in [4.69, 9.17) is 0 Å². The van der Waals surface area contributed by atoms with Crippen LogP contribution in [0.1, 0.15) is 24.1 Å².